The first kappa shape index (κ1) is 30.9. The third-order valence-corrected chi connectivity index (χ3v) is 6.32. The number of hydrogen-bond acceptors (Lipinski definition) is 3. The van der Waals surface area contributed by atoms with Crippen LogP contribution in [0.2, 0.25) is 0 Å². The molecule has 5 nitrogen and oxygen atoms in total. The van der Waals surface area contributed by atoms with Crippen molar-refractivity contribution in [1.29, 1.82) is 0 Å². The monoisotopic (exact) mass is 454 g/mol. The molecule has 5 heteroatoms. The average Bonchev–Trinajstić information content (AvgIpc) is 2.79. The van der Waals surface area contributed by atoms with Crippen LogP contribution in [0.4, 0.5) is 0 Å². The number of hydrogen-bond donors (Lipinski definition) is 0. The molecular weight excluding hydrogens is 400 g/mol. The lowest BCUT2D eigenvalue weighted by atomic mass is 9.94. The van der Waals surface area contributed by atoms with Crippen LogP contribution in [0.1, 0.15) is 118 Å². The number of ether oxygens (including phenoxy) is 1. The van der Waals surface area contributed by atoms with Gasteiger partial charge in [-0.1, -0.05) is 85.0 Å². The van der Waals surface area contributed by atoms with Gasteiger partial charge in [0.1, 0.15) is 5.92 Å². The molecule has 0 heterocycles. The second kappa shape index (κ2) is 20.5. The molecule has 0 aromatic carbocycles. The van der Waals surface area contributed by atoms with Crippen molar-refractivity contribution in [2.24, 2.45) is 5.92 Å². The fourth-order valence-corrected chi connectivity index (χ4v) is 4.12. The summed E-state index contributed by atoms with van der Waals surface area (Å²) in [6.07, 6.45) is 15.6. The van der Waals surface area contributed by atoms with Crippen molar-refractivity contribution >= 4 is 11.8 Å². The van der Waals surface area contributed by atoms with E-state index in [9.17, 15) is 9.59 Å². The maximum absolute atomic E-state index is 13.2. The maximum Gasteiger partial charge on any atom is 0.234 e. The van der Waals surface area contributed by atoms with Gasteiger partial charge in [-0.25, -0.2) is 0 Å². The Morgan fingerprint density at radius 1 is 0.656 bits per heavy atom. The summed E-state index contributed by atoms with van der Waals surface area (Å²) in [5.74, 6) is -0.732. The first-order valence-electron chi connectivity index (χ1n) is 13.5. The molecule has 0 bridgehead atoms. The van der Waals surface area contributed by atoms with Crippen molar-refractivity contribution in [2.45, 2.75) is 124 Å². The predicted octanol–water partition coefficient (Wildman–Crippen LogP) is 6.45. The summed E-state index contributed by atoms with van der Waals surface area (Å²) in [6.45, 7) is 10.5. The zero-order valence-electron chi connectivity index (χ0n) is 22.3. The van der Waals surface area contributed by atoms with Gasteiger partial charge in [0.2, 0.25) is 11.8 Å². The molecule has 0 N–H and O–H groups in total. The highest BCUT2D eigenvalue weighted by molar-refractivity contribution is 6.00. The highest BCUT2D eigenvalue weighted by Crippen LogP contribution is 2.21. The lowest BCUT2D eigenvalue weighted by Crippen LogP contribution is -2.45. The van der Waals surface area contributed by atoms with E-state index in [1.165, 1.54) is 44.9 Å². The molecule has 0 saturated carbocycles. The Hall–Kier alpha value is -1.10. The standard InChI is InChI=1S/C27H54N2O3/c1-7-11-14-15-16-17-18-19-20-24(32-10-4)23-25(26(30)28(5)21-12-8-2)27(31)29(6)22-13-9-3/h24-25H,7-23H2,1-6H3. The summed E-state index contributed by atoms with van der Waals surface area (Å²) in [4.78, 5) is 30.0. The van der Waals surface area contributed by atoms with E-state index in [1.54, 1.807) is 9.80 Å². The molecule has 1 unspecified atom stereocenters. The molecule has 0 aliphatic heterocycles. The molecule has 0 aliphatic rings. The minimum absolute atomic E-state index is 0.0304. The topological polar surface area (TPSA) is 49.9 Å². The minimum Gasteiger partial charge on any atom is -0.378 e. The summed E-state index contributed by atoms with van der Waals surface area (Å²) >= 11 is 0. The van der Waals surface area contributed by atoms with Crippen LogP contribution in [0.15, 0.2) is 0 Å². The first-order valence-corrected chi connectivity index (χ1v) is 13.5. The van der Waals surface area contributed by atoms with Gasteiger partial charge in [0.25, 0.3) is 0 Å². The van der Waals surface area contributed by atoms with Gasteiger partial charge in [0.15, 0.2) is 0 Å². The Morgan fingerprint density at radius 2 is 1.09 bits per heavy atom. The van der Waals surface area contributed by atoms with E-state index < -0.39 is 5.92 Å². The Kier molecular flexibility index (Phi) is 19.8. The summed E-state index contributed by atoms with van der Waals surface area (Å²) in [7, 11) is 3.66. The molecule has 2 amide bonds. The second-order valence-electron chi connectivity index (χ2n) is 9.36. The lowest BCUT2D eigenvalue weighted by Gasteiger charge is -2.29. The fraction of sp³-hybridized carbons (Fsp3) is 0.926. The van der Waals surface area contributed by atoms with Crippen molar-refractivity contribution in [3.8, 4) is 0 Å². The third-order valence-electron chi connectivity index (χ3n) is 6.32. The van der Waals surface area contributed by atoms with Crippen LogP contribution in [0.25, 0.3) is 0 Å². The molecule has 0 radical (unpaired) electrons. The lowest BCUT2D eigenvalue weighted by molar-refractivity contribution is -0.148. The zero-order valence-corrected chi connectivity index (χ0v) is 22.3. The summed E-state index contributed by atoms with van der Waals surface area (Å²) in [5, 5.41) is 0. The first-order chi connectivity index (χ1) is 15.4. The third kappa shape index (κ3) is 14.1. The van der Waals surface area contributed by atoms with Crippen molar-refractivity contribution in [3.63, 3.8) is 0 Å². The van der Waals surface area contributed by atoms with E-state index >= 15 is 0 Å². The van der Waals surface area contributed by atoms with Crippen LogP contribution >= 0.6 is 0 Å². The summed E-state index contributed by atoms with van der Waals surface area (Å²) in [5.41, 5.74) is 0. The Morgan fingerprint density at radius 3 is 1.53 bits per heavy atom. The fourth-order valence-electron chi connectivity index (χ4n) is 4.12. The van der Waals surface area contributed by atoms with Crippen molar-refractivity contribution in [2.75, 3.05) is 33.8 Å². The summed E-state index contributed by atoms with van der Waals surface area (Å²) < 4.78 is 6.01. The molecule has 32 heavy (non-hydrogen) atoms. The van der Waals surface area contributed by atoms with E-state index in [0.29, 0.717) is 26.1 Å². The molecular formula is C27H54N2O3. The highest BCUT2D eigenvalue weighted by atomic mass is 16.5. The van der Waals surface area contributed by atoms with Crippen molar-refractivity contribution in [3.05, 3.63) is 0 Å². The van der Waals surface area contributed by atoms with Crippen LogP contribution in [0.5, 0.6) is 0 Å². The highest BCUT2D eigenvalue weighted by Gasteiger charge is 2.33. The molecule has 0 aromatic rings. The number of amides is 2. The smallest absolute Gasteiger partial charge is 0.234 e. The van der Waals surface area contributed by atoms with E-state index in [0.717, 1.165) is 38.5 Å². The largest absolute Gasteiger partial charge is 0.378 e. The average molecular weight is 455 g/mol. The Labute approximate surface area is 199 Å². The molecule has 190 valence electrons. The minimum atomic E-state index is -0.635. The molecule has 0 saturated heterocycles. The van der Waals surface area contributed by atoms with Gasteiger partial charge in [-0.05, 0) is 32.6 Å². The Balaban J connectivity index is 4.94. The number of rotatable bonds is 21. The Bertz CT molecular complexity index is 444. The van der Waals surface area contributed by atoms with Crippen LogP contribution in [-0.2, 0) is 14.3 Å². The predicted molar refractivity (Wildman–Crippen MR) is 136 cm³/mol. The SMILES string of the molecule is CCCCCCCCCCC(CC(C(=O)N(C)CCCC)C(=O)N(C)CCCC)OCC. The second-order valence-corrected chi connectivity index (χ2v) is 9.36. The van der Waals surface area contributed by atoms with Crippen LogP contribution in [0.3, 0.4) is 0 Å². The number of unbranched alkanes of at least 4 members (excludes halogenated alkanes) is 9. The summed E-state index contributed by atoms with van der Waals surface area (Å²) in [6, 6.07) is 0. The van der Waals surface area contributed by atoms with Gasteiger partial charge in [-0.2, -0.15) is 0 Å². The molecule has 0 rings (SSSR count). The van der Waals surface area contributed by atoms with E-state index in [4.69, 9.17) is 4.74 Å². The van der Waals surface area contributed by atoms with Crippen LogP contribution in [-0.4, -0.2) is 61.5 Å². The quantitative estimate of drug-likeness (QED) is 0.148. The molecule has 0 aromatic heterocycles. The molecule has 0 spiro atoms. The zero-order chi connectivity index (χ0) is 24.2. The maximum atomic E-state index is 13.2. The van der Waals surface area contributed by atoms with E-state index in [2.05, 4.69) is 20.8 Å². The van der Waals surface area contributed by atoms with Gasteiger partial charge in [-0.3, -0.25) is 9.59 Å². The van der Waals surface area contributed by atoms with Gasteiger partial charge in [0.05, 0.1) is 6.10 Å². The van der Waals surface area contributed by atoms with Crippen LogP contribution in [0, 0.1) is 5.92 Å². The van der Waals surface area contributed by atoms with Gasteiger partial charge < -0.3 is 14.5 Å². The normalized spacial score (nSPS) is 12.2. The van der Waals surface area contributed by atoms with Crippen molar-refractivity contribution < 1.29 is 14.3 Å². The number of carbonyl (C=O) groups excluding carboxylic acids is 2. The molecule has 0 aliphatic carbocycles. The van der Waals surface area contributed by atoms with Gasteiger partial charge in [-0.15, -0.1) is 0 Å². The number of carbonyl (C=O) groups is 2. The molecule has 0 fully saturated rings. The van der Waals surface area contributed by atoms with Crippen LogP contribution < -0.4 is 0 Å². The van der Waals surface area contributed by atoms with Gasteiger partial charge >= 0.3 is 0 Å². The van der Waals surface area contributed by atoms with Gasteiger partial charge in [0, 0.05) is 33.8 Å². The van der Waals surface area contributed by atoms with Crippen molar-refractivity contribution in [1.82, 2.24) is 9.80 Å². The molecule has 1 atom stereocenters. The number of nitrogens with zero attached hydrogens (tertiary/aromatic N) is 2. The van der Waals surface area contributed by atoms with E-state index in [-0.39, 0.29) is 17.9 Å². The van der Waals surface area contributed by atoms with E-state index in [1.807, 2.05) is 21.0 Å².